The molecule has 1 aliphatic rings. The number of anilines is 3. The van der Waals surface area contributed by atoms with Crippen molar-refractivity contribution in [2.24, 2.45) is 0 Å². The summed E-state index contributed by atoms with van der Waals surface area (Å²) < 4.78 is 14.0. The molecule has 5 nitrogen and oxygen atoms in total. The van der Waals surface area contributed by atoms with Gasteiger partial charge in [-0.15, -0.1) is 11.3 Å². The van der Waals surface area contributed by atoms with E-state index >= 15 is 0 Å². The molecule has 0 bridgehead atoms. The van der Waals surface area contributed by atoms with Gasteiger partial charge in [-0.25, -0.2) is 14.4 Å². The molecule has 4 aromatic rings. The Balaban J connectivity index is 1.79. The molecule has 5 rings (SSSR count). The Labute approximate surface area is 199 Å². The van der Waals surface area contributed by atoms with Crippen LogP contribution < -0.4 is 4.90 Å². The molecule has 0 saturated heterocycles. The Morgan fingerprint density at radius 1 is 1.06 bits per heavy atom. The molecule has 0 unspecified atom stereocenters. The van der Waals surface area contributed by atoms with E-state index in [1.807, 2.05) is 60.4 Å². The third-order valence-corrected chi connectivity index (χ3v) is 6.95. The van der Waals surface area contributed by atoms with Crippen LogP contribution in [-0.2, 0) is 11.2 Å². The number of Topliss-reactive ketones (excluding diaryl/α,β-unsaturated/α-hetero) is 1. The Kier molecular flexibility index (Phi) is 5.60. The van der Waals surface area contributed by atoms with E-state index in [2.05, 4.69) is 9.97 Å². The lowest BCUT2D eigenvalue weighted by Gasteiger charge is -2.25. The van der Waals surface area contributed by atoms with Gasteiger partial charge in [-0.05, 0) is 42.3 Å². The van der Waals surface area contributed by atoms with Gasteiger partial charge >= 0.3 is 0 Å². The van der Waals surface area contributed by atoms with Gasteiger partial charge in [-0.3, -0.25) is 9.69 Å². The maximum Gasteiger partial charge on any atom is 0.166 e. The first-order valence-corrected chi connectivity index (χ1v) is 11.6. The molecule has 0 amide bonds. The molecular formula is C25H20ClFN4OS. The average molecular weight is 479 g/mol. The number of aryl methyl sites for hydroxylation is 1. The van der Waals surface area contributed by atoms with Crippen LogP contribution in [0.3, 0.4) is 0 Å². The highest BCUT2D eigenvalue weighted by molar-refractivity contribution is 7.20. The van der Waals surface area contributed by atoms with Crippen molar-refractivity contribution in [2.45, 2.75) is 12.8 Å². The molecule has 0 fully saturated rings. The first-order valence-electron chi connectivity index (χ1n) is 10.4. The van der Waals surface area contributed by atoms with Gasteiger partial charge in [0.05, 0.1) is 16.0 Å². The van der Waals surface area contributed by atoms with Crippen molar-refractivity contribution in [3.05, 3.63) is 82.3 Å². The molecule has 0 saturated carbocycles. The van der Waals surface area contributed by atoms with E-state index in [1.54, 1.807) is 12.1 Å². The highest BCUT2D eigenvalue weighted by atomic mass is 35.5. The number of nitrogens with zero attached hydrogens (tertiary/aromatic N) is 4. The fraction of sp³-hybridized carbons (Fsp3) is 0.160. The van der Waals surface area contributed by atoms with Gasteiger partial charge in [-0.1, -0.05) is 29.8 Å². The fourth-order valence-electron chi connectivity index (χ4n) is 4.08. The number of fused-ring (bicyclic) bond motifs is 3. The van der Waals surface area contributed by atoms with E-state index in [0.29, 0.717) is 29.9 Å². The number of halogens is 2. The van der Waals surface area contributed by atoms with E-state index in [4.69, 9.17) is 11.6 Å². The van der Waals surface area contributed by atoms with Crippen LogP contribution in [0.15, 0.2) is 61.1 Å². The van der Waals surface area contributed by atoms with Crippen LogP contribution in [0.2, 0.25) is 5.02 Å². The molecule has 166 valence electrons. The van der Waals surface area contributed by atoms with Crippen molar-refractivity contribution in [3.63, 3.8) is 0 Å². The topological polar surface area (TPSA) is 49.3 Å². The minimum absolute atomic E-state index is 0.0351. The van der Waals surface area contributed by atoms with Gasteiger partial charge in [0.1, 0.15) is 22.8 Å². The summed E-state index contributed by atoms with van der Waals surface area (Å²) in [6.45, 7) is 0. The van der Waals surface area contributed by atoms with Crippen LogP contribution >= 0.6 is 22.9 Å². The van der Waals surface area contributed by atoms with E-state index in [0.717, 1.165) is 26.3 Å². The number of thiophene rings is 1. The second-order valence-electron chi connectivity index (χ2n) is 7.99. The summed E-state index contributed by atoms with van der Waals surface area (Å²) in [6.07, 6.45) is 4.45. The zero-order valence-electron chi connectivity index (χ0n) is 18.0. The lowest BCUT2D eigenvalue weighted by Crippen LogP contribution is -2.15. The third-order valence-electron chi connectivity index (χ3n) is 5.49. The number of hydrogen-bond acceptors (Lipinski definition) is 6. The smallest absolute Gasteiger partial charge is 0.166 e. The molecule has 0 spiro atoms. The minimum atomic E-state index is -0.480. The molecular weight excluding hydrogens is 459 g/mol. The van der Waals surface area contributed by atoms with Crippen LogP contribution in [0.4, 0.5) is 21.6 Å². The monoisotopic (exact) mass is 478 g/mol. The van der Waals surface area contributed by atoms with Crippen molar-refractivity contribution in [3.8, 4) is 0 Å². The third kappa shape index (κ3) is 3.87. The zero-order valence-corrected chi connectivity index (χ0v) is 19.6. The quantitative estimate of drug-likeness (QED) is 0.319. The standard InChI is InChI=1S/C25H20ClFN4OS/c1-30(2)13-18-21(32)11-9-17-22-24(28-14-29-25(22)33-23(17)18)31(15-6-4-3-5-7-15)16-8-10-20(27)19(26)12-16/h3-8,10,12-14H,9,11H2,1-2H3/b18-13-. The van der Waals surface area contributed by atoms with Gasteiger partial charge < -0.3 is 4.90 Å². The van der Waals surface area contributed by atoms with Gasteiger partial charge in [0.25, 0.3) is 0 Å². The van der Waals surface area contributed by atoms with Crippen LogP contribution in [0.5, 0.6) is 0 Å². The summed E-state index contributed by atoms with van der Waals surface area (Å²) in [5, 5.41) is 0.937. The van der Waals surface area contributed by atoms with Crippen LogP contribution in [-0.4, -0.2) is 34.7 Å². The summed E-state index contributed by atoms with van der Waals surface area (Å²) in [6, 6.07) is 14.4. The fourth-order valence-corrected chi connectivity index (χ4v) is 5.47. The normalized spacial score (nSPS) is 14.5. The highest BCUT2D eigenvalue weighted by Gasteiger charge is 2.30. The number of hydrogen-bond donors (Lipinski definition) is 0. The highest BCUT2D eigenvalue weighted by Crippen LogP contribution is 2.46. The molecule has 0 radical (unpaired) electrons. The van der Waals surface area contributed by atoms with E-state index < -0.39 is 5.82 Å². The van der Waals surface area contributed by atoms with Gasteiger partial charge in [-0.2, -0.15) is 0 Å². The van der Waals surface area contributed by atoms with Crippen molar-refractivity contribution in [1.82, 2.24) is 14.9 Å². The van der Waals surface area contributed by atoms with Gasteiger partial charge in [0.15, 0.2) is 5.78 Å². The number of carbonyl (C=O) groups is 1. The second-order valence-corrected chi connectivity index (χ2v) is 9.39. The number of benzene rings is 2. The summed E-state index contributed by atoms with van der Waals surface area (Å²) >= 11 is 7.65. The molecule has 33 heavy (non-hydrogen) atoms. The maximum atomic E-state index is 14.0. The van der Waals surface area contributed by atoms with E-state index in [1.165, 1.54) is 23.7 Å². The van der Waals surface area contributed by atoms with Crippen LogP contribution in [0.25, 0.3) is 15.8 Å². The van der Waals surface area contributed by atoms with Crippen molar-refractivity contribution in [1.29, 1.82) is 0 Å². The largest absolute Gasteiger partial charge is 0.383 e. The van der Waals surface area contributed by atoms with Crippen LogP contribution in [0.1, 0.15) is 16.9 Å². The zero-order chi connectivity index (χ0) is 23.1. The molecule has 0 N–H and O–H groups in total. The molecule has 2 aromatic carbocycles. The Hall–Kier alpha value is -3.29. The first-order chi connectivity index (χ1) is 15.9. The SMILES string of the molecule is CN(C)/C=C1/C(=O)CCc2c1sc1ncnc(N(c3ccccc3)c3ccc(F)c(Cl)c3)c21. The number of ketones is 1. The Morgan fingerprint density at radius 3 is 2.58 bits per heavy atom. The van der Waals surface area contributed by atoms with E-state index in [-0.39, 0.29) is 10.8 Å². The maximum absolute atomic E-state index is 14.0. The lowest BCUT2D eigenvalue weighted by atomic mass is 9.92. The number of carbonyl (C=O) groups excluding carboxylic acids is 1. The predicted octanol–water partition coefficient (Wildman–Crippen LogP) is 6.37. The molecule has 8 heteroatoms. The molecule has 2 aromatic heterocycles. The van der Waals surface area contributed by atoms with Gasteiger partial charge in [0, 0.05) is 43.0 Å². The first kappa shape index (κ1) is 21.6. The Bertz CT molecular complexity index is 1400. The van der Waals surface area contributed by atoms with Crippen molar-refractivity contribution >= 4 is 61.7 Å². The lowest BCUT2D eigenvalue weighted by molar-refractivity contribution is -0.113. The van der Waals surface area contributed by atoms with Crippen molar-refractivity contribution in [2.75, 3.05) is 19.0 Å². The summed E-state index contributed by atoms with van der Waals surface area (Å²) in [4.78, 5) is 27.5. The second kappa shape index (κ2) is 8.57. The van der Waals surface area contributed by atoms with Crippen molar-refractivity contribution < 1.29 is 9.18 Å². The molecule has 2 heterocycles. The van der Waals surface area contributed by atoms with Crippen LogP contribution in [0, 0.1) is 5.82 Å². The molecule has 0 atom stereocenters. The minimum Gasteiger partial charge on any atom is -0.383 e. The molecule has 1 aliphatic carbocycles. The number of allylic oxidation sites excluding steroid dienone is 1. The predicted molar refractivity (Wildman–Crippen MR) is 132 cm³/mol. The summed E-state index contributed by atoms with van der Waals surface area (Å²) in [5.41, 5.74) is 3.30. The number of rotatable bonds is 4. The Morgan fingerprint density at radius 2 is 1.85 bits per heavy atom. The van der Waals surface area contributed by atoms with E-state index in [9.17, 15) is 9.18 Å². The molecule has 0 aliphatic heterocycles. The average Bonchev–Trinajstić information content (AvgIpc) is 3.18. The summed E-state index contributed by atoms with van der Waals surface area (Å²) in [7, 11) is 3.81. The summed E-state index contributed by atoms with van der Waals surface area (Å²) in [5.74, 6) is 0.318. The van der Waals surface area contributed by atoms with Gasteiger partial charge in [0.2, 0.25) is 0 Å². The number of para-hydroxylation sites is 1. The number of aromatic nitrogens is 2.